The Labute approximate surface area is 119 Å². The van der Waals surface area contributed by atoms with Crippen LogP contribution in [0.3, 0.4) is 0 Å². The first-order valence-electron chi connectivity index (χ1n) is 7.33. The first kappa shape index (κ1) is 12.7. The van der Waals surface area contributed by atoms with Gasteiger partial charge in [0.05, 0.1) is 0 Å². The molecule has 4 atom stereocenters. The Hall–Kier alpha value is -0.300. The molecule has 0 aromatic heterocycles. The summed E-state index contributed by atoms with van der Waals surface area (Å²) in [5.41, 5.74) is 4.39. The molecule has 1 heteroatoms. The highest BCUT2D eigenvalue weighted by molar-refractivity contribution is 9.09. The lowest BCUT2D eigenvalue weighted by Crippen LogP contribution is -2.23. The molecule has 1 aromatic rings. The third-order valence-corrected chi connectivity index (χ3v) is 6.18. The van der Waals surface area contributed by atoms with Gasteiger partial charge in [-0.3, -0.25) is 0 Å². The van der Waals surface area contributed by atoms with Crippen LogP contribution in [0.25, 0.3) is 0 Å². The SMILES string of the molecule is Cc1ccc(C)c(CC(Br)C2CC3CCC2C3)c1. The Morgan fingerprint density at radius 2 is 2.06 bits per heavy atom. The van der Waals surface area contributed by atoms with E-state index in [1.54, 1.807) is 5.56 Å². The second-order valence-electron chi connectivity index (χ2n) is 6.49. The fourth-order valence-corrected chi connectivity index (χ4v) is 5.11. The summed E-state index contributed by atoms with van der Waals surface area (Å²) >= 11 is 4.00. The highest BCUT2D eigenvalue weighted by atomic mass is 79.9. The number of hydrogen-bond acceptors (Lipinski definition) is 0. The minimum Gasteiger partial charge on any atom is -0.0884 e. The lowest BCUT2D eigenvalue weighted by atomic mass is 9.84. The molecule has 2 bridgehead atoms. The summed E-state index contributed by atoms with van der Waals surface area (Å²) in [6.45, 7) is 4.44. The van der Waals surface area contributed by atoms with Crippen LogP contribution in [0.5, 0.6) is 0 Å². The third-order valence-electron chi connectivity index (χ3n) is 5.18. The van der Waals surface area contributed by atoms with E-state index in [-0.39, 0.29) is 0 Å². The van der Waals surface area contributed by atoms with Crippen molar-refractivity contribution in [3.63, 3.8) is 0 Å². The normalized spacial score (nSPS) is 31.8. The van der Waals surface area contributed by atoms with E-state index in [2.05, 4.69) is 48.0 Å². The quantitative estimate of drug-likeness (QED) is 0.686. The Balaban J connectivity index is 1.70. The zero-order chi connectivity index (χ0) is 12.7. The Bertz CT molecular complexity index is 437. The van der Waals surface area contributed by atoms with Gasteiger partial charge in [-0.1, -0.05) is 46.1 Å². The van der Waals surface area contributed by atoms with Crippen molar-refractivity contribution in [3.8, 4) is 0 Å². The molecule has 2 fully saturated rings. The van der Waals surface area contributed by atoms with Crippen LogP contribution in [-0.4, -0.2) is 4.83 Å². The molecule has 0 heterocycles. The van der Waals surface area contributed by atoms with Gasteiger partial charge >= 0.3 is 0 Å². The maximum Gasteiger partial charge on any atom is 0.0217 e. The van der Waals surface area contributed by atoms with Gasteiger partial charge in [-0.25, -0.2) is 0 Å². The summed E-state index contributed by atoms with van der Waals surface area (Å²) in [6, 6.07) is 6.86. The molecule has 98 valence electrons. The average molecular weight is 307 g/mol. The third kappa shape index (κ3) is 2.39. The predicted molar refractivity (Wildman–Crippen MR) is 81.3 cm³/mol. The van der Waals surface area contributed by atoms with Gasteiger partial charge in [-0.2, -0.15) is 0 Å². The zero-order valence-electron chi connectivity index (χ0n) is 11.5. The van der Waals surface area contributed by atoms with E-state index in [0.717, 1.165) is 17.8 Å². The maximum atomic E-state index is 4.00. The highest BCUT2D eigenvalue weighted by Crippen LogP contribution is 2.51. The van der Waals surface area contributed by atoms with Gasteiger partial charge in [-0.05, 0) is 68.4 Å². The number of fused-ring (bicyclic) bond motifs is 2. The van der Waals surface area contributed by atoms with Gasteiger partial charge in [0.15, 0.2) is 0 Å². The van der Waals surface area contributed by atoms with Crippen LogP contribution in [0.1, 0.15) is 42.4 Å². The van der Waals surface area contributed by atoms with E-state index >= 15 is 0 Å². The molecule has 0 radical (unpaired) electrons. The van der Waals surface area contributed by atoms with Crippen molar-refractivity contribution in [3.05, 3.63) is 34.9 Å². The number of benzene rings is 1. The number of alkyl halides is 1. The Morgan fingerprint density at radius 1 is 1.22 bits per heavy atom. The van der Waals surface area contributed by atoms with Crippen LogP contribution in [0, 0.1) is 31.6 Å². The lowest BCUT2D eigenvalue weighted by Gasteiger charge is -2.27. The molecule has 0 amide bonds. The van der Waals surface area contributed by atoms with Crippen molar-refractivity contribution in [2.24, 2.45) is 17.8 Å². The van der Waals surface area contributed by atoms with Gasteiger partial charge in [0.25, 0.3) is 0 Å². The van der Waals surface area contributed by atoms with E-state index < -0.39 is 0 Å². The van der Waals surface area contributed by atoms with E-state index in [0.29, 0.717) is 4.83 Å². The monoisotopic (exact) mass is 306 g/mol. The van der Waals surface area contributed by atoms with Gasteiger partial charge in [0, 0.05) is 4.83 Å². The standard InChI is InChI=1S/C17H23Br/c1-11-3-4-12(2)15(7-11)10-17(18)16-9-13-5-6-14(16)8-13/h3-4,7,13-14,16-17H,5-6,8-10H2,1-2H3. The van der Waals surface area contributed by atoms with Crippen LogP contribution in [0.4, 0.5) is 0 Å². The molecular formula is C17H23Br. The van der Waals surface area contributed by atoms with Gasteiger partial charge in [0.2, 0.25) is 0 Å². The highest BCUT2D eigenvalue weighted by Gasteiger charge is 2.42. The van der Waals surface area contributed by atoms with Crippen molar-refractivity contribution in [2.45, 2.75) is 50.8 Å². The molecule has 0 aliphatic heterocycles. The second-order valence-corrected chi connectivity index (χ2v) is 7.66. The Morgan fingerprint density at radius 3 is 2.72 bits per heavy atom. The minimum atomic E-state index is 0.688. The molecule has 0 saturated heterocycles. The van der Waals surface area contributed by atoms with Crippen molar-refractivity contribution < 1.29 is 0 Å². The predicted octanol–water partition coefficient (Wildman–Crippen LogP) is 5.05. The molecule has 0 N–H and O–H groups in total. The largest absolute Gasteiger partial charge is 0.0884 e. The van der Waals surface area contributed by atoms with Crippen LogP contribution in [0.2, 0.25) is 0 Å². The van der Waals surface area contributed by atoms with E-state index in [4.69, 9.17) is 0 Å². The van der Waals surface area contributed by atoms with Crippen LogP contribution in [0.15, 0.2) is 18.2 Å². The maximum absolute atomic E-state index is 4.00. The van der Waals surface area contributed by atoms with Gasteiger partial charge in [0.1, 0.15) is 0 Å². The summed E-state index contributed by atoms with van der Waals surface area (Å²) in [4.78, 5) is 0.688. The molecule has 1 aromatic carbocycles. The topological polar surface area (TPSA) is 0 Å². The molecule has 3 rings (SSSR count). The Kier molecular flexibility index (Phi) is 3.53. The van der Waals surface area contributed by atoms with Gasteiger partial charge < -0.3 is 0 Å². The first-order valence-corrected chi connectivity index (χ1v) is 8.25. The fourth-order valence-electron chi connectivity index (χ4n) is 4.12. The summed E-state index contributed by atoms with van der Waals surface area (Å²) in [7, 11) is 0. The van der Waals surface area contributed by atoms with Crippen LogP contribution >= 0.6 is 15.9 Å². The zero-order valence-corrected chi connectivity index (χ0v) is 13.0. The van der Waals surface area contributed by atoms with Crippen molar-refractivity contribution in [1.29, 1.82) is 0 Å². The summed E-state index contributed by atoms with van der Waals surface area (Å²) in [5, 5.41) is 0. The molecule has 2 saturated carbocycles. The van der Waals surface area contributed by atoms with E-state index in [1.807, 2.05) is 0 Å². The molecular weight excluding hydrogens is 284 g/mol. The second kappa shape index (κ2) is 5.00. The number of aryl methyl sites for hydroxylation is 2. The summed E-state index contributed by atoms with van der Waals surface area (Å²) in [6.07, 6.45) is 7.20. The average Bonchev–Trinajstić information content (AvgIpc) is 2.96. The van der Waals surface area contributed by atoms with Crippen molar-refractivity contribution >= 4 is 15.9 Å². The van der Waals surface area contributed by atoms with Gasteiger partial charge in [-0.15, -0.1) is 0 Å². The molecule has 0 spiro atoms. The molecule has 4 unspecified atom stereocenters. The minimum absolute atomic E-state index is 0.688. The number of rotatable bonds is 3. The van der Waals surface area contributed by atoms with Crippen molar-refractivity contribution in [1.82, 2.24) is 0 Å². The fraction of sp³-hybridized carbons (Fsp3) is 0.647. The number of halogens is 1. The summed E-state index contributed by atoms with van der Waals surface area (Å²) in [5.74, 6) is 3.01. The first-order chi connectivity index (χ1) is 8.63. The lowest BCUT2D eigenvalue weighted by molar-refractivity contribution is 0.326. The number of hydrogen-bond donors (Lipinski definition) is 0. The van der Waals surface area contributed by atoms with E-state index in [9.17, 15) is 0 Å². The summed E-state index contributed by atoms with van der Waals surface area (Å²) < 4.78 is 0. The molecule has 2 aliphatic rings. The van der Waals surface area contributed by atoms with Crippen LogP contribution in [-0.2, 0) is 6.42 Å². The van der Waals surface area contributed by atoms with E-state index in [1.165, 1.54) is 43.2 Å². The van der Waals surface area contributed by atoms with Crippen LogP contribution < -0.4 is 0 Å². The van der Waals surface area contributed by atoms with Crippen molar-refractivity contribution in [2.75, 3.05) is 0 Å². The molecule has 2 aliphatic carbocycles. The molecule has 0 nitrogen and oxygen atoms in total. The molecule has 18 heavy (non-hydrogen) atoms. The smallest absolute Gasteiger partial charge is 0.0217 e.